The Morgan fingerprint density at radius 1 is 1.13 bits per heavy atom. The predicted molar refractivity (Wildman–Crippen MR) is 119 cm³/mol. The van der Waals surface area contributed by atoms with Gasteiger partial charge in [0.2, 0.25) is 0 Å². The number of aromatic nitrogens is 2. The molecule has 0 fully saturated rings. The van der Waals surface area contributed by atoms with Gasteiger partial charge < -0.3 is 10.2 Å². The number of aryl methyl sites for hydroxylation is 1. The molecule has 0 radical (unpaired) electrons. The molecule has 0 aliphatic rings. The Kier molecular flexibility index (Phi) is 6.89. The standard InChI is InChI=1S/C21H21BrClF3N4/c1-12-17(23)6-5-16-18(12)28-19(29-20(16)27-7-4-8-30(2)3)13-9-14(21(24,25)26)11-15(22)10-13/h5-6,9-11H,4,7-8H2,1-3H3,(H,27,28,29). The molecule has 1 N–H and O–H groups in total. The van der Waals surface area contributed by atoms with Crippen molar-refractivity contribution < 1.29 is 13.2 Å². The molecule has 0 unspecified atom stereocenters. The molecule has 4 nitrogen and oxygen atoms in total. The van der Waals surface area contributed by atoms with Crippen molar-refractivity contribution in [2.75, 3.05) is 32.5 Å². The number of alkyl halides is 3. The lowest BCUT2D eigenvalue weighted by Gasteiger charge is -2.15. The molecule has 0 amide bonds. The van der Waals surface area contributed by atoms with Gasteiger partial charge in [0, 0.05) is 27.0 Å². The normalized spacial score (nSPS) is 12.0. The van der Waals surface area contributed by atoms with Crippen LogP contribution in [0, 0.1) is 6.92 Å². The molecule has 0 aliphatic carbocycles. The molecule has 0 spiro atoms. The molecule has 1 aromatic heterocycles. The van der Waals surface area contributed by atoms with Crippen molar-refractivity contribution in [3.63, 3.8) is 0 Å². The van der Waals surface area contributed by atoms with Crippen molar-refractivity contribution in [1.82, 2.24) is 14.9 Å². The third kappa shape index (κ3) is 5.22. The van der Waals surface area contributed by atoms with Crippen LogP contribution in [-0.2, 0) is 6.18 Å². The highest BCUT2D eigenvalue weighted by atomic mass is 79.9. The van der Waals surface area contributed by atoms with Crippen LogP contribution < -0.4 is 5.32 Å². The van der Waals surface area contributed by atoms with E-state index in [2.05, 4.69) is 36.1 Å². The van der Waals surface area contributed by atoms with E-state index in [1.165, 1.54) is 0 Å². The molecular formula is C21H21BrClF3N4. The zero-order valence-electron chi connectivity index (χ0n) is 16.7. The van der Waals surface area contributed by atoms with E-state index in [0.717, 1.165) is 36.0 Å². The number of halogens is 5. The molecule has 0 aliphatic heterocycles. The minimum Gasteiger partial charge on any atom is -0.369 e. The second-order valence-electron chi connectivity index (χ2n) is 7.27. The monoisotopic (exact) mass is 500 g/mol. The van der Waals surface area contributed by atoms with Crippen molar-refractivity contribution >= 4 is 44.3 Å². The Morgan fingerprint density at radius 3 is 2.53 bits per heavy atom. The molecule has 9 heteroatoms. The number of rotatable bonds is 6. The summed E-state index contributed by atoms with van der Waals surface area (Å²) in [6.45, 7) is 3.39. The second-order valence-corrected chi connectivity index (χ2v) is 8.60. The lowest BCUT2D eigenvalue weighted by atomic mass is 10.1. The summed E-state index contributed by atoms with van der Waals surface area (Å²) in [5.74, 6) is 0.775. The van der Waals surface area contributed by atoms with Gasteiger partial charge in [-0.3, -0.25) is 0 Å². The van der Waals surface area contributed by atoms with E-state index in [1.807, 2.05) is 27.1 Å². The lowest BCUT2D eigenvalue weighted by molar-refractivity contribution is -0.137. The highest BCUT2D eigenvalue weighted by Crippen LogP contribution is 2.36. The third-order valence-corrected chi connectivity index (χ3v) is 5.48. The van der Waals surface area contributed by atoms with Gasteiger partial charge in [0.05, 0.1) is 11.1 Å². The van der Waals surface area contributed by atoms with E-state index in [1.54, 1.807) is 12.1 Å². The fourth-order valence-electron chi connectivity index (χ4n) is 3.06. The summed E-state index contributed by atoms with van der Waals surface area (Å²) in [5, 5.41) is 4.62. The lowest BCUT2D eigenvalue weighted by Crippen LogP contribution is -2.17. The van der Waals surface area contributed by atoms with Gasteiger partial charge in [-0.2, -0.15) is 13.2 Å². The Bertz CT molecular complexity index is 1070. The van der Waals surface area contributed by atoms with Crippen LogP contribution in [0.2, 0.25) is 5.02 Å². The third-order valence-electron chi connectivity index (χ3n) is 4.61. The van der Waals surface area contributed by atoms with Crippen LogP contribution in [-0.4, -0.2) is 42.1 Å². The first-order valence-electron chi connectivity index (χ1n) is 9.30. The molecule has 3 rings (SSSR count). The maximum Gasteiger partial charge on any atom is 0.416 e. The van der Waals surface area contributed by atoms with E-state index in [9.17, 15) is 13.2 Å². The van der Waals surface area contributed by atoms with Gasteiger partial charge in [0.25, 0.3) is 0 Å². The first kappa shape index (κ1) is 22.8. The molecule has 0 saturated heterocycles. The molecule has 160 valence electrons. The van der Waals surface area contributed by atoms with Crippen LogP contribution in [0.4, 0.5) is 19.0 Å². The predicted octanol–water partition coefficient (Wildman–Crippen LogP) is 6.40. The maximum atomic E-state index is 13.3. The van der Waals surface area contributed by atoms with Gasteiger partial charge in [-0.15, -0.1) is 0 Å². The first-order valence-corrected chi connectivity index (χ1v) is 10.5. The number of hydrogen-bond donors (Lipinski definition) is 1. The summed E-state index contributed by atoms with van der Waals surface area (Å²) >= 11 is 9.43. The van der Waals surface area contributed by atoms with Gasteiger partial charge in [0.1, 0.15) is 5.82 Å². The van der Waals surface area contributed by atoms with E-state index in [0.29, 0.717) is 27.4 Å². The highest BCUT2D eigenvalue weighted by molar-refractivity contribution is 9.10. The second kappa shape index (κ2) is 9.08. The van der Waals surface area contributed by atoms with Gasteiger partial charge >= 0.3 is 6.18 Å². The number of nitrogens with one attached hydrogen (secondary N) is 1. The molecule has 3 aromatic rings. The topological polar surface area (TPSA) is 41.0 Å². The van der Waals surface area contributed by atoms with E-state index >= 15 is 0 Å². The molecule has 0 saturated carbocycles. The van der Waals surface area contributed by atoms with E-state index < -0.39 is 11.7 Å². The summed E-state index contributed by atoms with van der Waals surface area (Å²) in [6, 6.07) is 7.26. The summed E-state index contributed by atoms with van der Waals surface area (Å²) in [5.41, 5.74) is 0.865. The van der Waals surface area contributed by atoms with Crippen LogP contribution in [0.3, 0.4) is 0 Å². The molecule has 0 bridgehead atoms. The smallest absolute Gasteiger partial charge is 0.369 e. The fraction of sp³-hybridized carbons (Fsp3) is 0.333. The van der Waals surface area contributed by atoms with Crippen LogP contribution in [0.1, 0.15) is 17.5 Å². The van der Waals surface area contributed by atoms with Crippen LogP contribution in [0.5, 0.6) is 0 Å². The van der Waals surface area contributed by atoms with Gasteiger partial charge in [-0.25, -0.2) is 9.97 Å². The van der Waals surface area contributed by atoms with Crippen LogP contribution in [0.15, 0.2) is 34.8 Å². The summed E-state index contributed by atoms with van der Waals surface area (Å²) in [7, 11) is 3.99. The summed E-state index contributed by atoms with van der Waals surface area (Å²) in [4.78, 5) is 11.2. The van der Waals surface area contributed by atoms with E-state index in [4.69, 9.17) is 11.6 Å². The van der Waals surface area contributed by atoms with Gasteiger partial charge in [-0.1, -0.05) is 27.5 Å². The molecule has 0 atom stereocenters. The summed E-state index contributed by atoms with van der Waals surface area (Å²) in [6.07, 6.45) is -3.59. The van der Waals surface area contributed by atoms with Crippen LogP contribution in [0.25, 0.3) is 22.3 Å². The first-order chi connectivity index (χ1) is 14.1. The van der Waals surface area contributed by atoms with E-state index in [-0.39, 0.29) is 11.4 Å². The van der Waals surface area contributed by atoms with Gasteiger partial charge in [-0.05, 0) is 69.9 Å². The van der Waals surface area contributed by atoms with Crippen molar-refractivity contribution in [2.24, 2.45) is 0 Å². The Balaban J connectivity index is 2.11. The Labute approximate surface area is 186 Å². The van der Waals surface area contributed by atoms with Crippen molar-refractivity contribution in [2.45, 2.75) is 19.5 Å². The number of anilines is 1. The van der Waals surface area contributed by atoms with Crippen molar-refractivity contribution in [1.29, 1.82) is 0 Å². The maximum absolute atomic E-state index is 13.3. The highest BCUT2D eigenvalue weighted by Gasteiger charge is 2.31. The Hall–Kier alpha value is -1.90. The average molecular weight is 502 g/mol. The minimum absolute atomic E-state index is 0.203. The quantitative estimate of drug-likeness (QED) is 0.397. The Morgan fingerprint density at radius 2 is 1.87 bits per heavy atom. The minimum atomic E-state index is -4.47. The molecular weight excluding hydrogens is 481 g/mol. The molecule has 1 heterocycles. The summed E-state index contributed by atoms with van der Waals surface area (Å²) < 4.78 is 40.2. The SMILES string of the molecule is Cc1c(Cl)ccc2c(NCCCN(C)C)nc(-c3cc(Br)cc(C(F)(F)F)c3)nc12. The van der Waals surface area contributed by atoms with Gasteiger partial charge in [0.15, 0.2) is 5.82 Å². The number of nitrogens with zero attached hydrogens (tertiary/aromatic N) is 3. The zero-order valence-corrected chi connectivity index (χ0v) is 19.1. The van der Waals surface area contributed by atoms with Crippen molar-refractivity contribution in [3.05, 3.63) is 51.0 Å². The van der Waals surface area contributed by atoms with Crippen molar-refractivity contribution in [3.8, 4) is 11.4 Å². The number of hydrogen-bond acceptors (Lipinski definition) is 4. The molecule has 30 heavy (non-hydrogen) atoms. The molecule has 2 aromatic carbocycles. The largest absolute Gasteiger partial charge is 0.416 e. The number of benzene rings is 2. The average Bonchev–Trinajstić information content (AvgIpc) is 2.66. The fourth-order valence-corrected chi connectivity index (χ4v) is 3.70. The zero-order chi connectivity index (χ0) is 22.1. The van der Waals surface area contributed by atoms with Crippen LogP contribution >= 0.6 is 27.5 Å². The number of fused-ring (bicyclic) bond motifs is 1.